The molecule has 0 saturated carbocycles. The standard InChI is InChI=1S/C6H14O3.C6H12O2/c1-2-3-4-9-6(8)5-7;1-3-4-5-8-6(2)7/h6-8H,2-5H2,1H3;3-5H2,1-2H3. The zero-order valence-electron chi connectivity index (χ0n) is 11.1. The number of aliphatic hydroxyl groups is 2. The van der Waals surface area contributed by atoms with E-state index in [1.807, 2.05) is 6.92 Å². The molecule has 0 aliphatic rings. The van der Waals surface area contributed by atoms with Crippen molar-refractivity contribution in [1.29, 1.82) is 0 Å². The summed E-state index contributed by atoms with van der Waals surface area (Å²) < 4.78 is 9.38. The minimum absolute atomic E-state index is 0.182. The van der Waals surface area contributed by atoms with Crippen LogP contribution >= 0.6 is 0 Å². The molecule has 0 radical (unpaired) electrons. The highest BCUT2D eigenvalue weighted by Gasteiger charge is 1.98. The van der Waals surface area contributed by atoms with Gasteiger partial charge >= 0.3 is 5.97 Å². The summed E-state index contributed by atoms with van der Waals surface area (Å²) in [7, 11) is 0. The molecular formula is C12H26O5. The van der Waals surface area contributed by atoms with Crippen molar-refractivity contribution < 1.29 is 24.5 Å². The van der Waals surface area contributed by atoms with Crippen molar-refractivity contribution >= 4 is 5.97 Å². The van der Waals surface area contributed by atoms with Crippen molar-refractivity contribution in [2.75, 3.05) is 19.8 Å². The van der Waals surface area contributed by atoms with Crippen LogP contribution in [0.4, 0.5) is 0 Å². The molecule has 0 heterocycles. The Morgan fingerprint density at radius 3 is 2.12 bits per heavy atom. The molecule has 0 fully saturated rings. The van der Waals surface area contributed by atoms with Crippen LogP contribution in [0.1, 0.15) is 46.5 Å². The second-order valence-electron chi connectivity index (χ2n) is 3.56. The zero-order valence-corrected chi connectivity index (χ0v) is 11.1. The first-order valence-electron chi connectivity index (χ1n) is 6.12. The average Bonchev–Trinajstić information content (AvgIpc) is 2.30. The Hall–Kier alpha value is -0.650. The van der Waals surface area contributed by atoms with Gasteiger partial charge in [-0.25, -0.2) is 0 Å². The lowest BCUT2D eigenvalue weighted by Crippen LogP contribution is -2.16. The van der Waals surface area contributed by atoms with Gasteiger partial charge in [0.15, 0.2) is 6.29 Å². The molecular weight excluding hydrogens is 224 g/mol. The third kappa shape index (κ3) is 21.2. The van der Waals surface area contributed by atoms with Crippen LogP contribution in [0.5, 0.6) is 0 Å². The molecule has 2 N–H and O–H groups in total. The van der Waals surface area contributed by atoms with E-state index in [1.165, 1.54) is 6.92 Å². The van der Waals surface area contributed by atoms with E-state index in [-0.39, 0.29) is 12.6 Å². The van der Waals surface area contributed by atoms with Gasteiger partial charge in [0.2, 0.25) is 0 Å². The van der Waals surface area contributed by atoms with Crippen LogP contribution in [-0.4, -0.2) is 42.3 Å². The largest absolute Gasteiger partial charge is 0.466 e. The first-order valence-corrected chi connectivity index (χ1v) is 6.12. The van der Waals surface area contributed by atoms with Crippen LogP contribution in [0.2, 0.25) is 0 Å². The molecule has 0 spiro atoms. The zero-order chi connectivity index (χ0) is 13.5. The predicted molar refractivity (Wildman–Crippen MR) is 65.5 cm³/mol. The van der Waals surface area contributed by atoms with Gasteiger partial charge in [-0.1, -0.05) is 26.7 Å². The summed E-state index contributed by atoms with van der Waals surface area (Å²) in [5.41, 5.74) is 0. The fraction of sp³-hybridized carbons (Fsp3) is 0.917. The molecule has 104 valence electrons. The highest BCUT2D eigenvalue weighted by molar-refractivity contribution is 5.65. The van der Waals surface area contributed by atoms with Crippen LogP contribution in [-0.2, 0) is 14.3 Å². The Balaban J connectivity index is 0. The van der Waals surface area contributed by atoms with Gasteiger partial charge in [-0.3, -0.25) is 4.79 Å². The van der Waals surface area contributed by atoms with E-state index in [1.54, 1.807) is 0 Å². The van der Waals surface area contributed by atoms with Crippen molar-refractivity contribution in [2.45, 2.75) is 52.7 Å². The molecule has 0 rings (SSSR count). The molecule has 5 nitrogen and oxygen atoms in total. The number of unbranched alkanes of at least 4 members (excludes halogenated alkanes) is 2. The van der Waals surface area contributed by atoms with Gasteiger partial charge in [0.25, 0.3) is 0 Å². The van der Waals surface area contributed by atoms with E-state index in [9.17, 15) is 4.79 Å². The normalized spacial score (nSPS) is 11.4. The SMILES string of the molecule is CCCCOC(C)=O.CCCCOC(O)CO. The molecule has 17 heavy (non-hydrogen) atoms. The molecule has 1 unspecified atom stereocenters. The number of rotatable bonds is 8. The van der Waals surface area contributed by atoms with Crippen LogP contribution in [0.25, 0.3) is 0 Å². The van der Waals surface area contributed by atoms with Crippen LogP contribution in [0, 0.1) is 0 Å². The van der Waals surface area contributed by atoms with Gasteiger partial charge in [-0.2, -0.15) is 0 Å². The molecule has 0 aliphatic heterocycles. The van der Waals surface area contributed by atoms with Gasteiger partial charge in [-0.15, -0.1) is 0 Å². The molecule has 0 aromatic rings. The number of hydrogen-bond donors (Lipinski definition) is 2. The Kier molecular flexibility index (Phi) is 16.9. The lowest BCUT2D eigenvalue weighted by atomic mass is 10.4. The molecule has 5 heteroatoms. The molecule has 0 aromatic heterocycles. The molecule has 0 amide bonds. The second kappa shape index (κ2) is 15.4. The summed E-state index contributed by atoms with van der Waals surface area (Å²) in [5.74, 6) is -0.182. The van der Waals surface area contributed by atoms with Gasteiger partial charge in [-0.05, 0) is 12.8 Å². The fourth-order valence-corrected chi connectivity index (χ4v) is 0.777. The minimum atomic E-state index is -0.989. The van der Waals surface area contributed by atoms with E-state index in [0.29, 0.717) is 13.2 Å². The fourth-order valence-electron chi connectivity index (χ4n) is 0.777. The van der Waals surface area contributed by atoms with Crippen LogP contribution in [0.3, 0.4) is 0 Å². The Morgan fingerprint density at radius 1 is 1.18 bits per heavy atom. The van der Waals surface area contributed by atoms with E-state index >= 15 is 0 Å². The van der Waals surface area contributed by atoms with Crippen molar-refractivity contribution in [3.8, 4) is 0 Å². The Bertz CT molecular complexity index is 161. The maximum atomic E-state index is 10.1. The average molecular weight is 250 g/mol. The smallest absolute Gasteiger partial charge is 0.302 e. The van der Waals surface area contributed by atoms with Gasteiger partial charge in [0.05, 0.1) is 13.2 Å². The maximum absolute atomic E-state index is 10.1. The number of esters is 1. The predicted octanol–water partition coefficient (Wildman–Crippen LogP) is 1.46. The van der Waals surface area contributed by atoms with E-state index in [4.69, 9.17) is 14.9 Å². The molecule has 0 saturated heterocycles. The van der Waals surface area contributed by atoms with E-state index in [2.05, 4.69) is 11.7 Å². The highest BCUT2D eigenvalue weighted by Crippen LogP contribution is 1.90. The monoisotopic (exact) mass is 250 g/mol. The number of aliphatic hydroxyl groups excluding tert-OH is 2. The summed E-state index contributed by atoms with van der Waals surface area (Å²) in [6.45, 7) is 6.31. The summed E-state index contributed by atoms with van der Waals surface area (Å²) in [5, 5.41) is 16.9. The first kappa shape index (κ1) is 18.7. The number of carbonyl (C=O) groups is 1. The molecule has 0 bridgehead atoms. The van der Waals surface area contributed by atoms with E-state index < -0.39 is 6.29 Å². The minimum Gasteiger partial charge on any atom is -0.466 e. The van der Waals surface area contributed by atoms with Gasteiger partial charge < -0.3 is 19.7 Å². The van der Waals surface area contributed by atoms with Crippen molar-refractivity contribution in [1.82, 2.24) is 0 Å². The lowest BCUT2D eigenvalue weighted by molar-refractivity contribution is -0.141. The molecule has 1 atom stereocenters. The van der Waals surface area contributed by atoms with Crippen molar-refractivity contribution in [3.05, 3.63) is 0 Å². The maximum Gasteiger partial charge on any atom is 0.302 e. The number of carbonyl (C=O) groups excluding carboxylic acids is 1. The van der Waals surface area contributed by atoms with Gasteiger partial charge in [0.1, 0.15) is 0 Å². The first-order chi connectivity index (χ1) is 8.08. The Morgan fingerprint density at radius 2 is 1.71 bits per heavy atom. The summed E-state index contributed by atoms with van der Waals surface area (Å²) >= 11 is 0. The topological polar surface area (TPSA) is 76.0 Å². The lowest BCUT2D eigenvalue weighted by Gasteiger charge is -2.06. The third-order valence-electron chi connectivity index (χ3n) is 1.77. The number of hydrogen-bond acceptors (Lipinski definition) is 5. The van der Waals surface area contributed by atoms with Crippen LogP contribution < -0.4 is 0 Å². The quantitative estimate of drug-likeness (QED) is 0.387. The molecule has 0 aliphatic carbocycles. The summed E-state index contributed by atoms with van der Waals surface area (Å²) in [6, 6.07) is 0. The second-order valence-corrected chi connectivity index (χ2v) is 3.56. The summed E-state index contributed by atoms with van der Waals surface area (Å²) in [6.07, 6.45) is 3.03. The van der Waals surface area contributed by atoms with Crippen LogP contribution in [0.15, 0.2) is 0 Å². The highest BCUT2D eigenvalue weighted by atomic mass is 16.6. The van der Waals surface area contributed by atoms with Gasteiger partial charge in [0, 0.05) is 13.5 Å². The number of ether oxygens (including phenoxy) is 2. The molecule has 0 aromatic carbocycles. The van der Waals surface area contributed by atoms with Crippen molar-refractivity contribution in [2.24, 2.45) is 0 Å². The van der Waals surface area contributed by atoms with E-state index in [0.717, 1.165) is 25.7 Å². The third-order valence-corrected chi connectivity index (χ3v) is 1.77. The Labute approximate surface area is 104 Å². The van der Waals surface area contributed by atoms with Crippen molar-refractivity contribution in [3.63, 3.8) is 0 Å². The summed E-state index contributed by atoms with van der Waals surface area (Å²) in [4.78, 5) is 10.1.